The van der Waals surface area contributed by atoms with Gasteiger partial charge in [0.2, 0.25) is 0 Å². The number of nitrogens with one attached hydrogen (secondary N) is 1. The van der Waals surface area contributed by atoms with E-state index in [-0.39, 0.29) is 4.90 Å². The normalized spacial score (nSPS) is 11.8. The van der Waals surface area contributed by atoms with Gasteiger partial charge in [0.05, 0.1) is 11.1 Å². The predicted octanol–water partition coefficient (Wildman–Crippen LogP) is 3.83. The molecule has 0 bridgehead atoms. The Labute approximate surface area is 140 Å². The van der Waals surface area contributed by atoms with Gasteiger partial charge in [0.1, 0.15) is 0 Å². The fraction of sp³-hybridized carbons (Fsp3) is 0.0714. The van der Waals surface area contributed by atoms with Crippen molar-refractivity contribution in [1.82, 2.24) is 4.83 Å². The third-order valence-corrected chi connectivity index (χ3v) is 5.32. The first kappa shape index (κ1) is 16.2. The fourth-order valence-corrected chi connectivity index (χ4v) is 3.56. The summed E-state index contributed by atoms with van der Waals surface area (Å²) in [5.74, 6) is 0. The van der Waals surface area contributed by atoms with E-state index in [1.54, 1.807) is 24.3 Å². The first-order valence-corrected chi connectivity index (χ1v) is 9.02. The minimum Gasteiger partial charge on any atom is -0.200 e. The summed E-state index contributed by atoms with van der Waals surface area (Å²) in [5, 5.41) is 3.81. The molecule has 0 spiro atoms. The molecule has 0 aliphatic heterocycles. The highest BCUT2D eigenvalue weighted by Crippen LogP contribution is 2.23. The number of nitrogens with zero attached hydrogens (tertiary/aromatic N) is 1. The Balaban J connectivity index is 2.19. The molecule has 7 heteroatoms. The smallest absolute Gasteiger partial charge is 0.200 e. The zero-order chi connectivity index (χ0) is 15.5. The molecule has 0 heterocycles. The van der Waals surface area contributed by atoms with Crippen molar-refractivity contribution in [1.29, 1.82) is 0 Å². The minimum atomic E-state index is -3.65. The number of sulfonamides is 1. The van der Waals surface area contributed by atoms with Gasteiger partial charge in [0, 0.05) is 14.5 Å². The maximum Gasteiger partial charge on any atom is 0.276 e. The lowest BCUT2D eigenvalue weighted by molar-refractivity contribution is 0.584. The lowest BCUT2D eigenvalue weighted by Crippen LogP contribution is -2.18. The van der Waals surface area contributed by atoms with Crippen LogP contribution in [0.3, 0.4) is 0 Å². The highest BCUT2D eigenvalue weighted by Gasteiger charge is 2.12. The van der Waals surface area contributed by atoms with Gasteiger partial charge in [-0.15, -0.1) is 0 Å². The first-order valence-electron chi connectivity index (χ1n) is 5.96. The second-order valence-electron chi connectivity index (χ2n) is 4.30. The van der Waals surface area contributed by atoms with Crippen LogP contribution in [0.2, 0.25) is 0 Å². The number of hydrogen-bond donors (Lipinski definition) is 1. The molecule has 0 unspecified atom stereocenters. The molecule has 0 aliphatic rings. The van der Waals surface area contributed by atoms with Crippen LogP contribution < -0.4 is 4.83 Å². The van der Waals surface area contributed by atoms with Gasteiger partial charge in [0.15, 0.2) is 0 Å². The molecule has 0 fully saturated rings. The Bertz CT molecular complexity index is 752. The molecule has 2 rings (SSSR count). The van der Waals surface area contributed by atoms with Crippen LogP contribution in [-0.2, 0) is 10.0 Å². The molecule has 0 amide bonds. The molecule has 21 heavy (non-hydrogen) atoms. The zero-order valence-electron chi connectivity index (χ0n) is 11.0. The third-order valence-electron chi connectivity index (χ3n) is 2.70. The van der Waals surface area contributed by atoms with E-state index in [9.17, 15) is 8.42 Å². The molecule has 0 atom stereocenters. The summed E-state index contributed by atoms with van der Waals surface area (Å²) in [5.41, 5.74) is 1.75. The van der Waals surface area contributed by atoms with Crippen LogP contribution in [0.4, 0.5) is 0 Å². The molecule has 0 saturated carbocycles. The van der Waals surface area contributed by atoms with Crippen LogP contribution in [0.15, 0.2) is 61.4 Å². The predicted molar refractivity (Wildman–Crippen MR) is 90.9 cm³/mol. The van der Waals surface area contributed by atoms with E-state index in [1.807, 2.05) is 25.1 Å². The van der Waals surface area contributed by atoms with Gasteiger partial charge >= 0.3 is 0 Å². The standard InChI is InChI=1S/C14H12Br2N2O2S/c1-10-5-7-11(8-6-10)21(19,20)18-17-9-12-13(15)3-2-4-14(12)16/h2-9,18H,1H3/b17-9+. The van der Waals surface area contributed by atoms with Crippen molar-refractivity contribution in [3.8, 4) is 0 Å². The summed E-state index contributed by atoms with van der Waals surface area (Å²) < 4.78 is 25.7. The quantitative estimate of drug-likeness (QED) is 0.590. The minimum absolute atomic E-state index is 0.177. The van der Waals surface area contributed by atoms with Crippen molar-refractivity contribution in [2.45, 2.75) is 11.8 Å². The Morgan fingerprint density at radius 3 is 2.19 bits per heavy atom. The number of hydrogen-bond acceptors (Lipinski definition) is 3. The van der Waals surface area contributed by atoms with Crippen LogP contribution >= 0.6 is 31.9 Å². The van der Waals surface area contributed by atoms with Gasteiger partial charge in [-0.25, -0.2) is 4.83 Å². The van der Waals surface area contributed by atoms with Gasteiger partial charge in [-0.3, -0.25) is 0 Å². The Kier molecular flexibility index (Phi) is 5.18. The molecule has 0 aromatic heterocycles. The molecule has 0 aliphatic carbocycles. The largest absolute Gasteiger partial charge is 0.276 e. The van der Waals surface area contributed by atoms with E-state index in [1.165, 1.54) is 6.21 Å². The average molecular weight is 432 g/mol. The Morgan fingerprint density at radius 2 is 1.62 bits per heavy atom. The van der Waals surface area contributed by atoms with Crippen molar-refractivity contribution in [2.24, 2.45) is 5.10 Å². The van der Waals surface area contributed by atoms with Gasteiger partial charge in [-0.05, 0) is 31.2 Å². The van der Waals surface area contributed by atoms with E-state index < -0.39 is 10.0 Å². The lowest BCUT2D eigenvalue weighted by atomic mass is 10.2. The highest BCUT2D eigenvalue weighted by atomic mass is 79.9. The molecular weight excluding hydrogens is 420 g/mol. The molecule has 1 N–H and O–H groups in total. The summed E-state index contributed by atoms with van der Waals surface area (Å²) in [4.78, 5) is 2.37. The second kappa shape index (κ2) is 6.72. The van der Waals surface area contributed by atoms with Crippen molar-refractivity contribution in [3.05, 3.63) is 62.5 Å². The summed E-state index contributed by atoms with van der Waals surface area (Å²) in [7, 11) is -3.65. The Morgan fingerprint density at radius 1 is 1.05 bits per heavy atom. The van der Waals surface area contributed by atoms with Crippen molar-refractivity contribution in [3.63, 3.8) is 0 Å². The summed E-state index contributed by atoms with van der Waals surface area (Å²) in [6.07, 6.45) is 1.44. The van der Waals surface area contributed by atoms with Gasteiger partial charge < -0.3 is 0 Å². The van der Waals surface area contributed by atoms with Crippen LogP contribution in [-0.4, -0.2) is 14.6 Å². The topological polar surface area (TPSA) is 58.5 Å². The molecule has 2 aromatic carbocycles. The van der Waals surface area contributed by atoms with Crippen molar-refractivity contribution in [2.75, 3.05) is 0 Å². The van der Waals surface area contributed by atoms with E-state index >= 15 is 0 Å². The van der Waals surface area contributed by atoms with E-state index in [2.05, 4.69) is 41.8 Å². The van der Waals surface area contributed by atoms with Crippen LogP contribution in [0.1, 0.15) is 11.1 Å². The van der Waals surface area contributed by atoms with E-state index in [0.29, 0.717) is 0 Å². The fourth-order valence-electron chi connectivity index (χ4n) is 1.56. The van der Waals surface area contributed by atoms with Crippen molar-refractivity contribution >= 4 is 48.1 Å². The van der Waals surface area contributed by atoms with Gasteiger partial charge in [-0.2, -0.15) is 13.5 Å². The Hall–Kier alpha value is -1.18. The average Bonchev–Trinajstić information content (AvgIpc) is 2.42. The third kappa shape index (κ3) is 4.15. The zero-order valence-corrected chi connectivity index (χ0v) is 15.0. The first-order chi connectivity index (χ1) is 9.90. The summed E-state index contributed by atoms with van der Waals surface area (Å²) >= 11 is 6.76. The van der Waals surface area contributed by atoms with Crippen LogP contribution in [0.5, 0.6) is 0 Å². The molecule has 2 aromatic rings. The number of halogens is 2. The number of hydrazone groups is 1. The van der Waals surface area contributed by atoms with E-state index in [4.69, 9.17) is 0 Å². The molecule has 110 valence electrons. The van der Waals surface area contributed by atoms with E-state index in [0.717, 1.165) is 20.1 Å². The highest BCUT2D eigenvalue weighted by molar-refractivity contribution is 9.11. The molecule has 0 saturated heterocycles. The second-order valence-corrected chi connectivity index (χ2v) is 7.67. The number of benzene rings is 2. The van der Waals surface area contributed by atoms with Crippen LogP contribution in [0.25, 0.3) is 0 Å². The number of aryl methyl sites for hydroxylation is 1. The SMILES string of the molecule is Cc1ccc(S(=O)(=O)N/N=C/c2c(Br)cccc2Br)cc1. The molecular formula is C14H12Br2N2O2S. The number of rotatable bonds is 4. The lowest BCUT2D eigenvalue weighted by Gasteiger charge is -2.04. The maximum absolute atomic E-state index is 12.1. The van der Waals surface area contributed by atoms with Gasteiger partial charge in [-0.1, -0.05) is 55.6 Å². The monoisotopic (exact) mass is 430 g/mol. The van der Waals surface area contributed by atoms with Gasteiger partial charge in [0.25, 0.3) is 10.0 Å². The summed E-state index contributed by atoms with van der Waals surface area (Å²) in [6.45, 7) is 1.90. The van der Waals surface area contributed by atoms with Crippen LogP contribution in [0, 0.1) is 6.92 Å². The maximum atomic E-state index is 12.1. The summed E-state index contributed by atoms with van der Waals surface area (Å²) in [6, 6.07) is 12.1. The van der Waals surface area contributed by atoms with Crippen molar-refractivity contribution < 1.29 is 8.42 Å². The molecule has 4 nitrogen and oxygen atoms in total. The molecule has 0 radical (unpaired) electrons.